The van der Waals surface area contributed by atoms with E-state index in [4.69, 9.17) is 4.74 Å². The van der Waals surface area contributed by atoms with Crippen LogP contribution in [-0.4, -0.2) is 57.5 Å². The zero-order chi connectivity index (χ0) is 38.1. The molecule has 0 bridgehead atoms. The van der Waals surface area contributed by atoms with E-state index in [0.717, 1.165) is 109 Å². The summed E-state index contributed by atoms with van der Waals surface area (Å²) in [5, 5.41) is 0. The lowest BCUT2D eigenvalue weighted by Crippen LogP contribution is -2.37. The van der Waals surface area contributed by atoms with Crippen LogP contribution in [0.4, 0.5) is 0 Å². The van der Waals surface area contributed by atoms with Crippen molar-refractivity contribution in [3.05, 3.63) is 48.6 Å². The molecule has 0 heterocycles. The van der Waals surface area contributed by atoms with Crippen LogP contribution in [-0.2, 0) is 34.4 Å². The molecule has 0 aliphatic rings. The van der Waals surface area contributed by atoms with Gasteiger partial charge >= 0.3 is 5.97 Å². The molecular weight excluding hydrogens is 683 g/mol. The predicted molar refractivity (Wildman–Crippen MR) is 215 cm³/mol. The summed E-state index contributed by atoms with van der Waals surface area (Å²) < 4.78 is 53.6. The number of hydrogen-bond acceptors (Lipinski definition) is 7. The van der Waals surface area contributed by atoms with Crippen molar-refractivity contribution in [3.8, 4) is 0 Å². The van der Waals surface area contributed by atoms with Crippen LogP contribution >= 0.6 is 0 Å². The van der Waals surface area contributed by atoms with Gasteiger partial charge in [0.25, 0.3) is 0 Å². The maximum atomic E-state index is 13.1. The Labute approximate surface area is 313 Å². The Morgan fingerprint density at radius 1 is 0.529 bits per heavy atom. The van der Waals surface area contributed by atoms with Crippen molar-refractivity contribution in [3.63, 3.8) is 0 Å². The topological polar surface area (TPSA) is 115 Å². The van der Waals surface area contributed by atoms with Gasteiger partial charge in [0.2, 0.25) is 20.0 Å². The minimum atomic E-state index is -4.08. The van der Waals surface area contributed by atoms with Crippen molar-refractivity contribution >= 4 is 31.8 Å². The maximum Gasteiger partial charge on any atom is 0.307 e. The molecule has 0 aliphatic heterocycles. The second-order valence-electron chi connectivity index (χ2n) is 13.7. The van der Waals surface area contributed by atoms with Gasteiger partial charge in [-0.05, 0) is 83.5 Å². The molecule has 8 nitrogen and oxygen atoms in total. The van der Waals surface area contributed by atoms with Crippen LogP contribution in [0.2, 0.25) is 0 Å². The van der Waals surface area contributed by atoms with Crippen LogP contribution < -0.4 is 0 Å². The summed E-state index contributed by atoms with van der Waals surface area (Å²) in [7, 11) is -8.15. The molecule has 0 N–H and O–H groups in total. The molecule has 51 heavy (non-hydrogen) atoms. The first kappa shape index (κ1) is 49.0. The van der Waals surface area contributed by atoms with Crippen LogP contribution in [0.15, 0.2) is 48.6 Å². The quantitative estimate of drug-likeness (QED) is 0.0359. The van der Waals surface area contributed by atoms with Crippen molar-refractivity contribution in [2.24, 2.45) is 0 Å². The van der Waals surface area contributed by atoms with Gasteiger partial charge in [-0.25, -0.2) is 16.8 Å². The number of rotatable bonds is 35. The molecule has 0 aliphatic carbocycles. The molecule has 0 aromatic rings. The first-order chi connectivity index (χ1) is 24.4. The highest BCUT2D eigenvalue weighted by molar-refractivity contribution is 8.03. The number of ketones is 1. The molecule has 0 aromatic carbocycles. The van der Waals surface area contributed by atoms with Gasteiger partial charge in [-0.15, -0.1) is 0 Å². The Morgan fingerprint density at radius 2 is 0.922 bits per heavy atom. The summed E-state index contributed by atoms with van der Waals surface area (Å²) in [4.78, 5) is 25.8. The van der Waals surface area contributed by atoms with Crippen LogP contribution in [0.5, 0.6) is 0 Å². The number of unbranched alkanes of at least 4 members (excludes halogenated alkanes) is 16. The van der Waals surface area contributed by atoms with Gasteiger partial charge in [0.05, 0.1) is 18.9 Å². The fourth-order valence-electron chi connectivity index (χ4n) is 5.68. The highest BCUT2D eigenvalue weighted by Gasteiger charge is 2.29. The zero-order valence-electron chi connectivity index (χ0n) is 32.7. The average Bonchev–Trinajstić information content (AvgIpc) is 3.06. The molecule has 0 aromatic heterocycles. The van der Waals surface area contributed by atoms with Crippen LogP contribution in [0.3, 0.4) is 0 Å². The SMILES string of the molecule is CCCCCC=CCC=CCCCCCCCC(=O)C(CCCCCCCC=CCC=CCCCCC)OC(=O)CCN(S(C)(=O)=O)S(C)(=O)=O. The van der Waals surface area contributed by atoms with Crippen LogP contribution in [0, 0.1) is 0 Å². The highest BCUT2D eigenvalue weighted by atomic mass is 32.3. The molecule has 296 valence electrons. The second kappa shape index (κ2) is 32.6. The van der Waals surface area contributed by atoms with Crippen LogP contribution in [0.25, 0.3) is 0 Å². The van der Waals surface area contributed by atoms with Gasteiger partial charge in [-0.3, -0.25) is 9.59 Å². The summed E-state index contributed by atoms with van der Waals surface area (Å²) in [6.45, 7) is 3.89. The van der Waals surface area contributed by atoms with E-state index in [0.29, 0.717) is 16.6 Å². The van der Waals surface area contributed by atoms with E-state index < -0.39 is 45.1 Å². The fraction of sp³-hybridized carbons (Fsp3) is 0.756. The number of Topliss-reactive ketones (excluding diaryl/α,β-unsaturated/α-hetero) is 1. The molecule has 0 fully saturated rings. The number of allylic oxidation sites excluding steroid dienone is 8. The normalized spacial score (nSPS) is 13.4. The molecule has 1 unspecified atom stereocenters. The van der Waals surface area contributed by atoms with Gasteiger partial charge in [-0.2, -0.15) is 0 Å². The fourth-order valence-corrected chi connectivity index (χ4v) is 8.49. The Bertz CT molecular complexity index is 1190. The molecule has 1 atom stereocenters. The van der Waals surface area contributed by atoms with Gasteiger partial charge < -0.3 is 4.74 Å². The summed E-state index contributed by atoms with van der Waals surface area (Å²) in [6.07, 6.45) is 42.7. The number of esters is 1. The minimum Gasteiger partial charge on any atom is -0.454 e. The molecule has 0 rings (SSSR count). The number of ether oxygens (including phenoxy) is 1. The summed E-state index contributed by atoms with van der Waals surface area (Å²) in [5.41, 5.74) is 0. The smallest absolute Gasteiger partial charge is 0.307 e. The first-order valence-electron chi connectivity index (χ1n) is 19.9. The Hall–Kier alpha value is -2.04. The van der Waals surface area contributed by atoms with Crippen molar-refractivity contribution in [2.75, 3.05) is 19.1 Å². The third-order valence-corrected chi connectivity index (χ3v) is 12.1. The zero-order valence-corrected chi connectivity index (χ0v) is 34.3. The van der Waals surface area contributed by atoms with E-state index >= 15 is 0 Å². The predicted octanol–water partition coefficient (Wildman–Crippen LogP) is 10.7. The monoisotopic (exact) mass is 755 g/mol. The van der Waals surface area contributed by atoms with E-state index in [-0.39, 0.29) is 5.78 Å². The molecule has 10 heteroatoms. The minimum absolute atomic E-state index is 0.123. The van der Waals surface area contributed by atoms with Crippen molar-refractivity contribution in [1.29, 1.82) is 0 Å². The molecular formula is C41H73NO7S2. The Balaban J connectivity index is 4.62. The lowest BCUT2D eigenvalue weighted by molar-refractivity contribution is -0.155. The summed E-state index contributed by atoms with van der Waals surface area (Å²) >= 11 is 0. The first-order valence-corrected chi connectivity index (χ1v) is 23.6. The Kier molecular flexibility index (Phi) is 31.3. The molecule has 0 amide bonds. The third-order valence-electron chi connectivity index (χ3n) is 8.66. The van der Waals surface area contributed by atoms with Crippen molar-refractivity contribution in [2.45, 2.75) is 180 Å². The van der Waals surface area contributed by atoms with Crippen molar-refractivity contribution < 1.29 is 31.2 Å². The standard InChI is InChI=1S/C41H73NO7S2/c1-5-7-9-11-13-15-17-19-21-23-25-27-29-31-33-35-39(43)40(49-41(44)37-38-42(50(3,45)46)51(4,47)48)36-34-32-30-28-26-24-22-20-18-16-14-12-10-8-6-2/h13-16,19-22,40H,5-12,17-18,23-38H2,1-4H3. The van der Waals surface area contributed by atoms with Gasteiger partial charge in [0.15, 0.2) is 11.9 Å². The van der Waals surface area contributed by atoms with Crippen molar-refractivity contribution in [1.82, 2.24) is 3.71 Å². The second-order valence-corrected chi connectivity index (χ2v) is 17.8. The largest absolute Gasteiger partial charge is 0.454 e. The number of hydrogen-bond donors (Lipinski definition) is 0. The molecule has 0 saturated carbocycles. The van der Waals surface area contributed by atoms with Crippen LogP contribution in [0.1, 0.15) is 174 Å². The summed E-state index contributed by atoms with van der Waals surface area (Å²) in [5.74, 6) is -0.894. The number of carbonyl (C=O) groups excluding carboxylic acids is 2. The van der Waals surface area contributed by atoms with Gasteiger partial charge in [0, 0.05) is 13.0 Å². The van der Waals surface area contributed by atoms with E-state index in [9.17, 15) is 26.4 Å². The third kappa shape index (κ3) is 31.2. The maximum absolute atomic E-state index is 13.1. The number of sulfonamides is 2. The van der Waals surface area contributed by atoms with Gasteiger partial charge in [0.1, 0.15) is 0 Å². The Morgan fingerprint density at radius 3 is 1.35 bits per heavy atom. The highest BCUT2D eigenvalue weighted by Crippen LogP contribution is 2.17. The van der Waals surface area contributed by atoms with E-state index in [1.807, 2.05) is 0 Å². The van der Waals surface area contributed by atoms with Gasteiger partial charge in [-0.1, -0.05) is 130 Å². The average molecular weight is 756 g/mol. The van der Waals surface area contributed by atoms with E-state index in [1.54, 1.807) is 0 Å². The van der Waals surface area contributed by atoms with E-state index in [2.05, 4.69) is 62.5 Å². The van der Waals surface area contributed by atoms with E-state index in [1.165, 1.54) is 44.9 Å². The molecule has 0 saturated heterocycles. The molecule has 0 radical (unpaired) electrons. The lowest BCUT2D eigenvalue weighted by atomic mass is 10.0. The summed E-state index contributed by atoms with van der Waals surface area (Å²) in [6, 6.07) is 0. The molecule has 0 spiro atoms. The number of nitrogens with zero attached hydrogens (tertiary/aromatic N) is 1. The lowest BCUT2D eigenvalue weighted by Gasteiger charge is -2.19. The number of carbonyl (C=O) groups is 2.